The van der Waals surface area contributed by atoms with Gasteiger partial charge in [-0.05, 0) is 24.8 Å². The second-order valence-electron chi connectivity index (χ2n) is 3.31. The number of ether oxygens (including phenoxy) is 1. The molecule has 1 aromatic heterocycles. The molecule has 0 aliphatic carbocycles. The van der Waals surface area contributed by atoms with Crippen molar-refractivity contribution in [1.29, 1.82) is 0 Å². The number of aliphatic hydroxyl groups excluding tert-OH is 1. The van der Waals surface area contributed by atoms with Gasteiger partial charge in [0.05, 0.1) is 11.5 Å². The molecule has 98 valence electrons. The van der Waals surface area contributed by atoms with E-state index in [4.69, 9.17) is 9.84 Å². The topological polar surface area (TPSA) is 75.6 Å². The van der Waals surface area contributed by atoms with E-state index < -0.39 is 10.0 Å². The van der Waals surface area contributed by atoms with Crippen molar-refractivity contribution >= 4 is 21.4 Å². The van der Waals surface area contributed by atoms with Crippen LogP contribution in [0.5, 0.6) is 0 Å². The molecule has 2 N–H and O–H groups in total. The average Bonchev–Trinajstić information content (AvgIpc) is 2.77. The van der Waals surface area contributed by atoms with E-state index in [9.17, 15) is 8.42 Å². The van der Waals surface area contributed by atoms with Gasteiger partial charge in [-0.15, -0.1) is 11.3 Å². The lowest BCUT2D eigenvalue weighted by atomic mass is 10.5. The first kappa shape index (κ1) is 14.6. The molecule has 7 heteroatoms. The summed E-state index contributed by atoms with van der Waals surface area (Å²) >= 11 is 1.23. The highest BCUT2D eigenvalue weighted by Crippen LogP contribution is 2.21. The van der Waals surface area contributed by atoms with Gasteiger partial charge in [0.15, 0.2) is 0 Å². The molecular weight excluding hydrogens is 262 g/mol. The maximum Gasteiger partial charge on any atom is 0.241 e. The molecule has 1 rings (SSSR count). The summed E-state index contributed by atoms with van der Waals surface area (Å²) in [6, 6.07) is 1.50. The van der Waals surface area contributed by atoms with Gasteiger partial charge in [-0.1, -0.05) is 0 Å². The van der Waals surface area contributed by atoms with E-state index in [1.54, 1.807) is 5.38 Å². The van der Waals surface area contributed by atoms with Crippen LogP contribution in [0.15, 0.2) is 16.3 Å². The molecule has 0 bridgehead atoms. The molecule has 0 saturated heterocycles. The first-order chi connectivity index (χ1) is 8.11. The summed E-state index contributed by atoms with van der Waals surface area (Å²) in [6.45, 7) is 3.14. The van der Waals surface area contributed by atoms with Gasteiger partial charge >= 0.3 is 0 Å². The SMILES string of the molecule is CCOCCCNS(=O)(=O)c1ccsc1CO. The van der Waals surface area contributed by atoms with Gasteiger partial charge in [0.25, 0.3) is 0 Å². The normalized spacial score (nSPS) is 11.9. The van der Waals surface area contributed by atoms with Gasteiger partial charge in [-0.25, -0.2) is 13.1 Å². The van der Waals surface area contributed by atoms with Gasteiger partial charge in [0.2, 0.25) is 10.0 Å². The van der Waals surface area contributed by atoms with Crippen LogP contribution in [-0.2, 0) is 21.4 Å². The summed E-state index contributed by atoms with van der Waals surface area (Å²) in [6.07, 6.45) is 0.631. The van der Waals surface area contributed by atoms with Gasteiger partial charge < -0.3 is 9.84 Å². The molecule has 0 amide bonds. The fourth-order valence-corrected chi connectivity index (χ4v) is 3.65. The zero-order valence-electron chi connectivity index (χ0n) is 9.68. The quantitative estimate of drug-likeness (QED) is 0.695. The van der Waals surface area contributed by atoms with E-state index in [0.29, 0.717) is 31.1 Å². The Bertz CT molecular complexity index is 427. The molecule has 0 aliphatic rings. The van der Waals surface area contributed by atoms with E-state index in [1.807, 2.05) is 6.92 Å². The van der Waals surface area contributed by atoms with Crippen LogP contribution in [-0.4, -0.2) is 33.3 Å². The summed E-state index contributed by atoms with van der Waals surface area (Å²) in [5.74, 6) is 0. The van der Waals surface area contributed by atoms with Crippen molar-refractivity contribution in [2.75, 3.05) is 19.8 Å². The van der Waals surface area contributed by atoms with Crippen molar-refractivity contribution in [3.63, 3.8) is 0 Å². The Morgan fingerprint density at radius 2 is 2.29 bits per heavy atom. The Morgan fingerprint density at radius 3 is 2.94 bits per heavy atom. The maximum atomic E-state index is 11.8. The molecule has 0 atom stereocenters. The number of hydrogen-bond donors (Lipinski definition) is 2. The highest BCUT2D eigenvalue weighted by Gasteiger charge is 2.18. The predicted octanol–water partition coefficient (Wildman–Crippen LogP) is 0.945. The van der Waals surface area contributed by atoms with Crippen molar-refractivity contribution in [1.82, 2.24) is 4.72 Å². The van der Waals surface area contributed by atoms with Crippen LogP contribution < -0.4 is 4.72 Å². The molecule has 0 aromatic carbocycles. The van der Waals surface area contributed by atoms with Gasteiger partial charge in [0, 0.05) is 24.6 Å². The van der Waals surface area contributed by atoms with Crippen molar-refractivity contribution in [2.45, 2.75) is 24.8 Å². The minimum Gasteiger partial charge on any atom is -0.391 e. The minimum atomic E-state index is -3.50. The van der Waals surface area contributed by atoms with Gasteiger partial charge in [-0.3, -0.25) is 0 Å². The minimum absolute atomic E-state index is 0.168. The van der Waals surface area contributed by atoms with E-state index in [2.05, 4.69) is 4.72 Å². The number of thiophene rings is 1. The van der Waals surface area contributed by atoms with E-state index in [1.165, 1.54) is 17.4 Å². The van der Waals surface area contributed by atoms with Crippen LogP contribution >= 0.6 is 11.3 Å². The van der Waals surface area contributed by atoms with E-state index in [0.717, 1.165) is 0 Å². The van der Waals surface area contributed by atoms with E-state index >= 15 is 0 Å². The first-order valence-corrected chi connectivity index (χ1v) is 7.72. The van der Waals surface area contributed by atoms with E-state index in [-0.39, 0.29) is 11.5 Å². The third-order valence-corrected chi connectivity index (χ3v) is 4.68. The smallest absolute Gasteiger partial charge is 0.241 e. The molecule has 5 nitrogen and oxygen atoms in total. The highest BCUT2D eigenvalue weighted by atomic mass is 32.2. The highest BCUT2D eigenvalue weighted by molar-refractivity contribution is 7.89. The fraction of sp³-hybridized carbons (Fsp3) is 0.600. The molecule has 0 unspecified atom stereocenters. The van der Waals surface area contributed by atoms with Crippen molar-refractivity contribution in [3.8, 4) is 0 Å². The Kier molecular flexibility index (Phi) is 6.07. The molecular formula is C10H17NO4S2. The van der Waals surface area contributed by atoms with Gasteiger partial charge in [0.1, 0.15) is 0 Å². The molecule has 0 radical (unpaired) electrons. The average molecular weight is 279 g/mol. The number of hydrogen-bond acceptors (Lipinski definition) is 5. The Hall–Kier alpha value is -0.470. The van der Waals surface area contributed by atoms with Crippen molar-refractivity contribution in [3.05, 3.63) is 16.3 Å². The van der Waals surface area contributed by atoms with Crippen LogP contribution in [0.25, 0.3) is 0 Å². The third kappa shape index (κ3) is 4.36. The second-order valence-corrected chi connectivity index (χ2v) is 6.05. The summed E-state index contributed by atoms with van der Waals surface area (Å²) in [5.41, 5.74) is 0. The molecule has 0 fully saturated rings. The largest absolute Gasteiger partial charge is 0.391 e. The van der Waals surface area contributed by atoms with Crippen LogP contribution in [0.3, 0.4) is 0 Å². The maximum absolute atomic E-state index is 11.8. The second kappa shape index (κ2) is 7.07. The van der Waals surface area contributed by atoms with Crippen LogP contribution in [0.4, 0.5) is 0 Å². The Balaban J connectivity index is 2.51. The van der Waals surface area contributed by atoms with Crippen molar-refractivity contribution in [2.24, 2.45) is 0 Å². The lowest BCUT2D eigenvalue weighted by Gasteiger charge is -2.06. The molecule has 1 heterocycles. The van der Waals surface area contributed by atoms with Crippen LogP contribution in [0, 0.1) is 0 Å². The Labute approximate surface area is 105 Å². The number of nitrogens with one attached hydrogen (secondary N) is 1. The number of rotatable bonds is 8. The van der Waals surface area contributed by atoms with Gasteiger partial charge in [-0.2, -0.15) is 0 Å². The first-order valence-electron chi connectivity index (χ1n) is 5.36. The number of aliphatic hydroxyl groups is 1. The molecule has 0 spiro atoms. The number of sulfonamides is 1. The monoisotopic (exact) mass is 279 g/mol. The fourth-order valence-electron chi connectivity index (χ4n) is 1.29. The molecule has 1 aromatic rings. The Morgan fingerprint density at radius 1 is 1.53 bits per heavy atom. The zero-order valence-corrected chi connectivity index (χ0v) is 11.3. The zero-order chi connectivity index (χ0) is 12.7. The lowest BCUT2D eigenvalue weighted by molar-refractivity contribution is 0.146. The standard InChI is InChI=1S/C10H17NO4S2/c1-2-15-6-3-5-11-17(13,14)10-4-7-16-9(10)8-12/h4,7,11-12H,2-3,5-6,8H2,1H3. The van der Waals surface area contributed by atoms with Crippen molar-refractivity contribution < 1.29 is 18.3 Å². The molecule has 0 saturated carbocycles. The summed E-state index contributed by atoms with van der Waals surface area (Å²) < 4.78 is 31.3. The van der Waals surface area contributed by atoms with Crippen LogP contribution in [0.2, 0.25) is 0 Å². The summed E-state index contributed by atoms with van der Waals surface area (Å²) in [7, 11) is -3.50. The van der Waals surface area contributed by atoms with Crippen LogP contribution in [0.1, 0.15) is 18.2 Å². The summed E-state index contributed by atoms with van der Waals surface area (Å²) in [4.78, 5) is 0.628. The third-order valence-electron chi connectivity index (χ3n) is 2.10. The molecule has 0 aliphatic heterocycles. The predicted molar refractivity (Wildman–Crippen MR) is 66.5 cm³/mol. The summed E-state index contributed by atoms with van der Waals surface area (Å²) in [5, 5.41) is 10.7. The lowest BCUT2D eigenvalue weighted by Crippen LogP contribution is -2.26. The molecule has 17 heavy (non-hydrogen) atoms.